The van der Waals surface area contributed by atoms with Gasteiger partial charge in [-0.3, -0.25) is 4.79 Å². The van der Waals surface area contributed by atoms with E-state index in [2.05, 4.69) is 26.2 Å². The normalized spacial score (nSPS) is 16.5. The standard InChI is InChI=1S/C13H17BrClN3O/c1-9(19)18-4-2-10(3-5-18)7-16-13-12(14)6-11(15)8-17-13/h6,8,10H,2-5,7H2,1H3,(H,16,17). The van der Waals surface area contributed by atoms with Crippen molar-refractivity contribution in [1.29, 1.82) is 0 Å². The monoisotopic (exact) mass is 345 g/mol. The second-order valence-electron chi connectivity index (χ2n) is 4.81. The zero-order valence-corrected chi connectivity index (χ0v) is 13.2. The van der Waals surface area contributed by atoms with E-state index in [-0.39, 0.29) is 5.91 Å². The van der Waals surface area contributed by atoms with E-state index in [9.17, 15) is 4.79 Å². The Kier molecular flexibility index (Phi) is 5.05. The van der Waals surface area contributed by atoms with Crippen molar-refractivity contribution < 1.29 is 4.79 Å². The summed E-state index contributed by atoms with van der Waals surface area (Å²) >= 11 is 9.29. The number of nitrogens with zero attached hydrogens (tertiary/aromatic N) is 2. The molecule has 2 heterocycles. The van der Waals surface area contributed by atoms with Crippen LogP contribution in [-0.2, 0) is 4.79 Å². The number of likely N-dealkylation sites (tertiary alicyclic amines) is 1. The van der Waals surface area contributed by atoms with Gasteiger partial charge in [0.05, 0.1) is 9.50 Å². The molecule has 0 aliphatic carbocycles. The molecule has 1 aromatic heterocycles. The zero-order chi connectivity index (χ0) is 13.8. The Morgan fingerprint density at radius 1 is 1.58 bits per heavy atom. The molecule has 104 valence electrons. The smallest absolute Gasteiger partial charge is 0.219 e. The molecule has 0 bridgehead atoms. The van der Waals surface area contributed by atoms with Gasteiger partial charge in [-0.15, -0.1) is 0 Å². The van der Waals surface area contributed by atoms with Gasteiger partial charge < -0.3 is 10.2 Å². The van der Waals surface area contributed by atoms with Crippen LogP contribution in [0.2, 0.25) is 5.02 Å². The lowest BCUT2D eigenvalue weighted by Gasteiger charge is -2.31. The van der Waals surface area contributed by atoms with Crippen molar-refractivity contribution in [2.24, 2.45) is 5.92 Å². The molecule has 0 aromatic carbocycles. The van der Waals surface area contributed by atoms with Gasteiger partial charge in [-0.05, 0) is 40.8 Å². The fourth-order valence-corrected chi connectivity index (χ4v) is 3.02. The number of piperidine rings is 1. The van der Waals surface area contributed by atoms with Crippen LogP contribution in [0.15, 0.2) is 16.7 Å². The lowest BCUT2D eigenvalue weighted by molar-refractivity contribution is -0.130. The Hall–Kier alpha value is -0.810. The number of aromatic nitrogens is 1. The molecule has 19 heavy (non-hydrogen) atoms. The number of carbonyl (C=O) groups is 1. The quantitative estimate of drug-likeness (QED) is 0.914. The number of pyridine rings is 1. The topological polar surface area (TPSA) is 45.2 Å². The fraction of sp³-hybridized carbons (Fsp3) is 0.538. The number of halogens is 2. The van der Waals surface area contributed by atoms with Crippen LogP contribution in [0.4, 0.5) is 5.82 Å². The average molecular weight is 347 g/mol. The van der Waals surface area contributed by atoms with E-state index in [1.54, 1.807) is 13.1 Å². The lowest BCUT2D eigenvalue weighted by Crippen LogP contribution is -2.38. The largest absolute Gasteiger partial charge is 0.369 e. The molecule has 0 spiro atoms. The molecule has 1 aliphatic heterocycles. The van der Waals surface area contributed by atoms with Gasteiger partial charge in [-0.25, -0.2) is 4.98 Å². The van der Waals surface area contributed by atoms with E-state index in [1.165, 1.54) is 0 Å². The van der Waals surface area contributed by atoms with Gasteiger partial charge in [0, 0.05) is 32.8 Å². The summed E-state index contributed by atoms with van der Waals surface area (Å²) in [5.41, 5.74) is 0. The Labute approximate surface area is 126 Å². The van der Waals surface area contributed by atoms with E-state index < -0.39 is 0 Å². The molecule has 1 fully saturated rings. The highest BCUT2D eigenvalue weighted by Gasteiger charge is 2.20. The van der Waals surface area contributed by atoms with Gasteiger partial charge in [0.15, 0.2) is 0 Å². The van der Waals surface area contributed by atoms with Crippen LogP contribution in [0.1, 0.15) is 19.8 Å². The third-order valence-corrected chi connectivity index (χ3v) is 4.24. The van der Waals surface area contributed by atoms with Gasteiger partial charge >= 0.3 is 0 Å². The first-order valence-electron chi connectivity index (χ1n) is 6.36. The van der Waals surface area contributed by atoms with Crippen LogP contribution in [0, 0.1) is 5.92 Å². The highest BCUT2D eigenvalue weighted by molar-refractivity contribution is 9.10. The van der Waals surface area contributed by atoms with Crippen molar-refractivity contribution in [2.45, 2.75) is 19.8 Å². The molecule has 2 rings (SSSR count). The van der Waals surface area contributed by atoms with Gasteiger partial charge in [-0.2, -0.15) is 0 Å². The minimum atomic E-state index is 0.175. The third kappa shape index (κ3) is 4.08. The van der Waals surface area contributed by atoms with E-state index in [0.717, 1.165) is 42.8 Å². The Balaban J connectivity index is 1.82. The summed E-state index contributed by atoms with van der Waals surface area (Å²) in [5.74, 6) is 1.58. The molecule has 0 unspecified atom stereocenters. The Morgan fingerprint density at radius 2 is 2.26 bits per heavy atom. The van der Waals surface area contributed by atoms with Crippen molar-refractivity contribution in [3.05, 3.63) is 21.8 Å². The number of rotatable bonds is 3. The van der Waals surface area contributed by atoms with Crippen LogP contribution in [0.25, 0.3) is 0 Å². The van der Waals surface area contributed by atoms with Crippen molar-refractivity contribution in [3.63, 3.8) is 0 Å². The molecule has 4 nitrogen and oxygen atoms in total. The molecular formula is C13H17BrClN3O. The maximum Gasteiger partial charge on any atom is 0.219 e. The van der Waals surface area contributed by atoms with Crippen LogP contribution in [0.3, 0.4) is 0 Å². The van der Waals surface area contributed by atoms with Crippen molar-refractivity contribution in [2.75, 3.05) is 25.0 Å². The van der Waals surface area contributed by atoms with Crippen LogP contribution >= 0.6 is 27.5 Å². The molecule has 0 radical (unpaired) electrons. The average Bonchev–Trinajstić information content (AvgIpc) is 2.38. The molecule has 1 saturated heterocycles. The summed E-state index contributed by atoms with van der Waals surface area (Å²) in [6.07, 6.45) is 3.71. The zero-order valence-electron chi connectivity index (χ0n) is 10.8. The van der Waals surface area contributed by atoms with Gasteiger partial charge in [0.1, 0.15) is 5.82 Å². The van der Waals surface area contributed by atoms with Crippen LogP contribution < -0.4 is 5.32 Å². The van der Waals surface area contributed by atoms with E-state index in [0.29, 0.717) is 10.9 Å². The summed E-state index contributed by atoms with van der Waals surface area (Å²) in [4.78, 5) is 17.4. The number of hydrogen-bond donors (Lipinski definition) is 1. The second kappa shape index (κ2) is 6.57. The molecule has 6 heteroatoms. The molecule has 0 atom stereocenters. The Bertz CT molecular complexity index is 461. The molecule has 0 saturated carbocycles. The predicted molar refractivity (Wildman–Crippen MR) is 80.4 cm³/mol. The SMILES string of the molecule is CC(=O)N1CCC(CNc2ncc(Cl)cc2Br)CC1. The maximum atomic E-state index is 11.2. The van der Waals surface area contributed by atoms with Gasteiger partial charge in [-0.1, -0.05) is 11.6 Å². The van der Waals surface area contributed by atoms with Crippen molar-refractivity contribution in [1.82, 2.24) is 9.88 Å². The molecule has 1 aliphatic rings. The molecule has 1 amide bonds. The second-order valence-corrected chi connectivity index (χ2v) is 6.11. The number of hydrogen-bond acceptors (Lipinski definition) is 3. The highest BCUT2D eigenvalue weighted by atomic mass is 79.9. The minimum absolute atomic E-state index is 0.175. The van der Waals surface area contributed by atoms with E-state index in [4.69, 9.17) is 11.6 Å². The third-order valence-electron chi connectivity index (χ3n) is 3.43. The van der Waals surface area contributed by atoms with Gasteiger partial charge in [0.25, 0.3) is 0 Å². The maximum absolute atomic E-state index is 11.2. The highest BCUT2D eigenvalue weighted by Crippen LogP contribution is 2.24. The molecular weight excluding hydrogens is 330 g/mol. The fourth-order valence-electron chi connectivity index (χ4n) is 2.24. The summed E-state index contributed by atoms with van der Waals surface area (Å²) in [5, 5.41) is 3.95. The lowest BCUT2D eigenvalue weighted by atomic mass is 9.97. The first-order chi connectivity index (χ1) is 9.06. The summed E-state index contributed by atoms with van der Waals surface area (Å²) in [7, 11) is 0. The van der Waals surface area contributed by atoms with E-state index in [1.807, 2.05) is 11.0 Å². The van der Waals surface area contributed by atoms with Crippen molar-refractivity contribution in [3.8, 4) is 0 Å². The number of nitrogens with one attached hydrogen (secondary N) is 1. The van der Waals surface area contributed by atoms with Gasteiger partial charge in [0.2, 0.25) is 5.91 Å². The first kappa shape index (κ1) is 14.6. The predicted octanol–water partition coefficient (Wildman–Crippen LogP) is 3.17. The number of amides is 1. The first-order valence-corrected chi connectivity index (χ1v) is 7.54. The number of carbonyl (C=O) groups excluding carboxylic acids is 1. The number of anilines is 1. The summed E-state index contributed by atoms with van der Waals surface area (Å²) in [6, 6.07) is 1.83. The summed E-state index contributed by atoms with van der Waals surface area (Å²) < 4.78 is 0.876. The van der Waals surface area contributed by atoms with Crippen LogP contribution in [0.5, 0.6) is 0 Å². The Morgan fingerprint density at radius 3 is 2.84 bits per heavy atom. The molecule has 1 N–H and O–H groups in total. The summed E-state index contributed by atoms with van der Waals surface area (Å²) in [6.45, 7) is 4.22. The minimum Gasteiger partial charge on any atom is -0.369 e. The molecule has 1 aromatic rings. The van der Waals surface area contributed by atoms with Crippen molar-refractivity contribution >= 4 is 39.3 Å². The van der Waals surface area contributed by atoms with Crippen LogP contribution in [-0.4, -0.2) is 35.4 Å². The van der Waals surface area contributed by atoms with E-state index >= 15 is 0 Å².